The molecule has 4 heteroatoms. The zero-order valence-corrected chi connectivity index (χ0v) is 10.5. The molecule has 0 aliphatic heterocycles. The number of hydrogen-bond acceptors (Lipinski definition) is 3. The molecule has 0 aliphatic rings. The predicted molar refractivity (Wildman–Crippen MR) is 72.1 cm³/mol. The number of aromatic nitrogens is 1. The van der Waals surface area contributed by atoms with Gasteiger partial charge >= 0.3 is 0 Å². The van der Waals surface area contributed by atoms with Crippen LogP contribution in [0.5, 0.6) is 0 Å². The first-order valence-corrected chi connectivity index (χ1v) is 7.18. The number of nitrogens with two attached hydrogens (primary N) is 1. The van der Waals surface area contributed by atoms with Gasteiger partial charge in [-0.25, -0.2) is 0 Å². The van der Waals surface area contributed by atoms with Crippen molar-refractivity contribution >= 4 is 21.7 Å². The third kappa shape index (κ3) is 3.11. The quantitative estimate of drug-likeness (QED) is 0.878. The van der Waals surface area contributed by atoms with Gasteiger partial charge in [0.05, 0.1) is 5.52 Å². The van der Waals surface area contributed by atoms with Crippen LogP contribution in [0.2, 0.25) is 0 Å². The first kappa shape index (κ1) is 12.2. The molecule has 0 aliphatic carbocycles. The van der Waals surface area contributed by atoms with Gasteiger partial charge in [-0.2, -0.15) is 0 Å². The van der Waals surface area contributed by atoms with Crippen molar-refractivity contribution in [2.24, 2.45) is 5.73 Å². The molecular formula is C13H16N2OS. The Hall–Kier alpha value is -1.26. The molecule has 1 heterocycles. The summed E-state index contributed by atoms with van der Waals surface area (Å²) in [5, 5.41) is 1.09. The van der Waals surface area contributed by atoms with Gasteiger partial charge in [0.1, 0.15) is 0 Å². The van der Waals surface area contributed by atoms with E-state index in [1.54, 1.807) is 6.20 Å². The predicted octanol–water partition coefficient (Wildman–Crippen LogP) is 1.83. The normalized spacial score (nSPS) is 12.8. The molecule has 1 atom stereocenters. The Kier molecular flexibility index (Phi) is 4.23. The maximum atomic E-state index is 11.9. The molecule has 0 radical (unpaired) electrons. The Labute approximate surface area is 104 Å². The van der Waals surface area contributed by atoms with E-state index in [1.165, 1.54) is 0 Å². The van der Waals surface area contributed by atoms with Crippen molar-refractivity contribution in [1.82, 2.24) is 4.98 Å². The molecule has 17 heavy (non-hydrogen) atoms. The van der Waals surface area contributed by atoms with Crippen molar-refractivity contribution in [3.05, 3.63) is 42.1 Å². The van der Waals surface area contributed by atoms with E-state index >= 15 is 0 Å². The number of rotatable bonds is 5. The molecule has 0 saturated carbocycles. The van der Waals surface area contributed by atoms with E-state index in [1.807, 2.05) is 30.3 Å². The highest BCUT2D eigenvalue weighted by Gasteiger charge is 2.05. The van der Waals surface area contributed by atoms with Gasteiger partial charge in [-0.1, -0.05) is 18.2 Å². The van der Waals surface area contributed by atoms with Crippen LogP contribution < -0.4 is 5.73 Å². The maximum absolute atomic E-state index is 11.9. The Morgan fingerprint density at radius 3 is 2.88 bits per heavy atom. The summed E-state index contributed by atoms with van der Waals surface area (Å²) in [6.07, 6.45) is 2.59. The average molecular weight is 248 g/mol. The SMILES string of the molecule is NCCCS(=O)Cc1ccnc2ccccc12. The van der Waals surface area contributed by atoms with Crippen LogP contribution in [0, 0.1) is 0 Å². The van der Waals surface area contributed by atoms with Gasteiger partial charge in [0.25, 0.3) is 0 Å². The van der Waals surface area contributed by atoms with Gasteiger partial charge in [-0.3, -0.25) is 9.19 Å². The molecule has 0 saturated heterocycles. The summed E-state index contributed by atoms with van der Waals surface area (Å²) < 4.78 is 11.9. The van der Waals surface area contributed by atoms with Crippen molar-refractivity contribution in [2.45, 2.75) is 12.2 Å². The van der Waals surface area contributed by atoms with Crippen LogP contribution in [-0.2, 0) is 16.6 Å². The Morgan fingerprint density at radius 1 is 1.24 bits per heavy atom. The average Bonchev–Trinajstić information content (AvgIpc) is 2.37. The summed E-state index contributed by atoms with van der Waals surface area (Å²) in [6.45, 7) is 0.600. The lowest BCUT2D eigenvalue weighted by Crippen LogP contribution is -2.07. The monoisotopic (exact) mass is 248 g/mol. The number of pyridine rings is 1. The maximum Gasteiger partial charge on any atom is 0.0705 e. The second-order valence-electron chi connectivity index (χ2n) is 3.92. The second-order valence-corrected chi connectivity index (χ2v) is 5.49. The van der Waals surface area contributed by atoms with Crippen LogP contribution in [0.1, 0.15) is 12.0 Å². The van der Waals surface area contributed by atoms with Crippen LogP contribution in [-0.4, -0.2) is 21.5 Å². The third-order valence-corrected chi connectivity index (χ3v) is 4.01. The molecule has 1 aromatic heterocycles. The van der Waals surface area contributed by atoms with Crippen LogP contribution >= 0.6 is 0 Å². The highest BCUT2D eigenvalue weighted by molar-refractivity contribution is 7.84. The minimum Gasteiger partial charge on any atom is -0.330 e. The molecule has 90 valence electrons. The van der Waals surface area contributed by atoms with Crippen molar-refractivity contribution in [1.29, 1.82) is 0 Å². The fourth-order valence-electron chi connectivity index (χ4n) is 1.77. The van der Waals surface area contributed by atoms with Gasteiger partial charge in [0.15, 0.2) is 0 Å². The number of para-hydroxylation sites is 1. The number of hydrogen-bond donors (Lipinski definition) is 1. The molecule has 2 rings (SSSR count). The second kappa shape index (κ2) is 5.89. The number of nitrogens with zero attached hydrogens (tertiary/aromatic N) is 1. The zero-order chi connectivity index (χ0) is 12.1. The topological polar surface area (TPSA) is 56.0 Å². The summed E-state index contributed by atoms with van der Waals surface area (Å²) in [5.41, 5.74) is 7.48. The van der Waals surface area contributed by atoms with E-state index in [4.69, 9.17) is 5.73 Å². The largest absolute Gasteiger partial charge is 0.330 e. The Morgan fingerprint density at radius 2 is 2.06 bits per heavy atom. The lowest BCUT2D eigenvalue weighted by molar-refractivity contribution is 0.680. The van der Waals surface area contributed by atoms with E-state index in [9.17, 15) is 4.21 Å². The molecular weight excluding hydrogens is 232 g/mol. The Bertz CT molecular complexity index is 522. The molecule has 1 aromatic carbocycles. The molecule has 0 amide bonds. The fraction of sp³-hybridized carbons (Fsp3) is 0.308. The lowest BCUT2D eigenvalue weighted by Gasteiger charge is -2.05. The first-order valence-electron chi connectivity index (χ1n) is 5.69. The smallest absolute Gasteiger partial charge is 0.0705 e. The van der Waals surface area contributed by atoms with Crippen molar-refractivity contribution in [3.63, 3.8) is 0 Å². The van der Waals surface area contributed by atoms with Crippen LogP contribution in [0.15, 0.2) is 36.5 Å². The minimum atomic E-state index is -0.835. The van der Waals surface area contributed by atoms with Gasteiger partial charge in [0.2, 0.25) is 0 Å². The molecule has 0 spiro atoms. The van der Waals surface area contributed by atoms with Crippen LogP contribution in [0.25, 0.3) is 10.9 Å². The summed E-state index contributed by atoms with van der Waals surface area (Å²) in [7, 11) is -0.835. The fourth-order valence-corrected chi connectivity index (χ4v) is 3.00. The summed E-state index contributed by atoms with van der Waals surface area (Å²) >= 11 is 0. The van der Waals surface area contributed by atoms with E-state index in [2.05, 4.69) is 4.98 Å². The summed E-state index contributed by atoms with van der Waals surface area (Å²) in [5.74, 6) is 1.26. The number of benzene rings is 1. The molecule has 2 N–H and O–H groups in total. The van der Waals surface area contributed by atoms with Gasteiger partial charge in [-0.05, 0) is 30.7 Å². The minimum absolute atomic E-state index is 0.586. The molecule has 1 unspecified atom stereocenters. The van der Waals surface area contributed by atoms with E-state index in [-0.39, 0.29) is 0 Å². The molecule has 0 fully saturated rings. The Balaban J connectivity index is 2.21. The molecule has 0 bridgehead atoms. The summed E-state index contributed by atoms with van der Waals surface area (Å²) in [4.78, 5) is 4.29. The molecule has 2 aromatic rings. The van der Waals surface area contributed by atoms with Crippen LogP contribution in [0.3, 0.4) is 0 Å². The van der Waals surface area contributed by atoms with Crippen LogP contribution in [0.4, 0.5) is 0 Å². The lowest BCUT2D eigenvalue weighted by atomic mass is 10.1. The number of fused-ring (bicyclic) bond motifs is 1. The van der Waals surface area contributed by atoms with Crippen molar-refractivity contribution < 1.29 is 4.21 Å². The van der Waals surface area contributed by atoms with E-state index in [0.29, 0.717) is 18.1 Å². The van der Waals surface area contributed by atoms with Gasteiger partial charge in [-0.15, -0.1) is 0 Å². The zero-order valence-electron chi connectivity index (χ0n) is 9.63. The highest BCUT2D eigenvalue weighted by Crippen LogP contribution is 2.17. The van der Waals surface area contributed by atoms with Crippen molar-refractivity contribution in [3.8, 4) is 0 Å². The highest BCUT2D eigenvalue weighted by atomic mass is 32.2. The van der Waals surface area contributed by atoms with E-state index < -0.39 is 10.8 Å². The first-order chi connectivity index (χ1) is 8.31. The van der Waals surface area contributed by atoms with Crippen molar-refractivity contribution in [2.75, 3.05) is 12.3 Å². The standard InChI is InChI=1S/C13H16N2OS/c14-7-3-9-17(16)10-11-6-8-15-13-5-2-1-4-12(11)13/h1-2,4-6,8H,3,7,9-10,14H2. The van der Waals surface area contributed by atoms with E-state index in [0.717, 1.165) is 22.9 Å². The summed E-state index contributed by atoms with van der Waals surface area (Å²) in [6, 6.07) is 9.89. The van der Waals surface area contributed by atoms with Gasteiger partial charge < -0.3 is 5.73 Å². The molecule has 3 nitrogen and oxygen atoms in total. The third-order valence-electron chi connectivity index (χ3n) is 2.63. The van der Waals surface area contributed by atoms with Gasteiger partial charge in [0, 0.05) is 33.9 Å².